The van der Waals surface area contributed by atoms with Crippen LogP contribution in [0.2, 0.25) is 0 Å². The number of rotatable bonds is 4. The van der Waals surface area contributed by atoms with Gasteiger partial charge in [0.05, 0.1) is 11.4 Å². The molecule has 3 aromatic carbocycles. The van der Waals surface area contributed by atoms with E-state index in [1.54, 1.807) is 0 Å². The summed E-state index contributed by atoms with van der Waals surface area (Å²) in [6, 6.07) is 31.1. The molecule has 0 amide bonds. The molecule has 0 saturated carbocycles. The highest BCUT2D eigenvalue weighted by Crippen LogP contribution is 2.27. The van der Waals surface area contributed by atoms with Crippen LogP contribution in [-0.2, 0) is 6.42 Å². The summed E-state index contributed by atoms with van der Waals surface area (Å²) < 4.78 is 0. The Balaban J connectivity index is 1.90. The molecule has 0 fully saturated rings. The fourth-order valence-corrected chi connectivity index (χ4v) is 3.02. The Labute approximate surface area is 154 Å². The molecule has 0 radical (unpaired) electrons. The second-order valence-electron chi connectivity index (χ2n) is 6.25. The minimum absolute atomic E-state index is 0.754. The van der Waals surface area contributed by atoms with Gasteiger partial charge in [0.15, 0.2) is 5.82 Å². The lowest BCUT2D eigenvalue weighted by Gasteiger charge is -2.10. The van der Waals surface area contributed by atoms with E-state index in [-0.39, 0.29) is 0 Å². The summed E-state index contributed by atoms with van der Waals surface area (Å²) in [6.45, 7) is 2.17. The van der Waals surface area contributed by atoms with Crippen LogP contribution in [0.4, 0.5) is 0 Å². The van der Waals surface area contributed by atoms with Crippen LogP contribution < -0.4 is 0 Å². The summed E-state index contributed by atoms with van der Waals surface area (Å²) >= 11 is 0. The first-order valence-electron chi connectivity index (χ1n) is 8.93. The molecule has 0 bridgehead atoms. The van der Waals surface area contributed by atoms with Crippen LogP contribution in [0.25, 0.3) is 33.9 Å². The summed E-state index contributed by atoms with van der Waals surface area (Å²) in [5.41, 5.74) is 6.45. The number of hydrogen-bond acceptors (Lipinski definition) is 2. The Morgan fingerprint density at radius 1 is 0.577 bits per heavy atom. The average Bonchev–Trinajstić information content (AvgIpc) is 2.75. The molecule has 0 unspecified atom stereocenters. The van der Waals surface area contributed by atoms with E-state index in [1.807, 2.05) is 36.4 Å². The molecular formula is C24H20N2. The molecular weight excluding hydrogens is 316 g/mol. The van der Waals surface area contributed by atoms with Crippen molar-refractivity contribution in [1.82, 2.24) is 9.97 Å². The maximum atomic E-state index is 4.86. The van der Waals surface area contributed by atoms with Crippen LogP contribution in [0.5, 0.6) is 0 Å². The van der Waals surface area contributed by atoms with Crippen molar-refractivity contribution in [1.29, 1.82) is 0 Å². The number of benzene rings is 3. The monoisotopic (exact) mass is 336 g/mol. The molecule has 126 valence electrons. The summed E-state index contributed by atoms with van der Waals surface area (Å²) in [5, 5.41) is 0. The van der Waals surface area contributed by atoms with E-state index >= 15 is 0 Å². The van der Waals surface area contributed by atoms with E-state index in [2.05, 4.69) is 61.5 Å². The third-order valence-electron chi connectivity index (χ3n) is 4.46. The first-order valence-corrected chi connectivity index (χ1v) is 8.93. The van der Waals surface area contributed by atoms with Crippen LogP contribution in [0, 0.1) is 0 Å². The fourth-order valence-electron chi connectivity index (χ4n) is 3.02. The minimum atomic E-state index is 0.754. The van der Waals surface area contributed by atoms with E-state index in [1.165, 1.54) is 5.56 Å². The molecule has 0 aliphatic rings. The zero-order valence-electron chi connectivity index (χ0n) is 14.8. The molecule has 1 aromatic heterocycles. The number of aryl methyl sites for hydroxylation is 1. The van der Waals surface area contributed by atoms with Crippen molar-refractivity contribution < 1.29 is 0 Å². The fraction of sp³-hybridized carbons (Fsp3) is 0.0833. The average molecular weight is 336 g/mol. The van der Waals surface area contributed by atoms with Gasteiger partial charge < -0.3 is 0 Å². The minimum Gasteiger partial charge on any atom is -0.228 e. The third kappa shape index (κ3) is 3.40. The predicted octanol–water partition coefficient (Wildman–Crippen LogP) is 6.04. The van der Waals surface area contributed by atoms with E-state index < -0.39 is 0 Å². The van der Waals surface area contributed by atoms with Crippen molar-refractivity contribution in [3.05, 3.63) is 96.6 Å². The van der Waals surface area contributed by atoms with Gasteiger partial charge in [-0.3, -0.25) is 0 Å². The Bertz CT molecular complexity index is 951. The van der Waals surface area contributed by atoms with Crippen molar-refractivity contribution in [2.45, 2.75) is 13.3 Å². The highest BCUT2D eigenvalue weighted by molar-refractivity contribution is 5.71. The molecule has 4 rings (SSSR count). The quantitative estimate of drug-likeness (QED) is 0.454. The second-order valence-corrected chi connectivity index (χ2v) is 6.25. The lowest BCUT2D eigenvalue weighted by atomic mass is 10.0. The van der Waals surface area contributed by atoms with Crippen LogP contribution in [0.1, 0.15) is 12.5 Å². The lowest BCUT2D eigenvalue weighted by molar-refractivity contribution is 1.13. The van der Waals surface area contributed by atoms with Gasteiger partial charge in [0.2, 0.25) is 0 Å². The van der Waals surface area contributed by atoms with Gasteiger partial charge in [0.25, 0.3) is 0 Å². The smallest absolute Gasteiger partial charge is 0.160 e. The van der Waals surface area contributed by atoms with Gasteiger partial charge in [0.1, 0.15) is 0 Å². The third-order valence-corrected chi connectivity index (χ3v) is 4.46. The number of hydrogen-bond donors (Lipinski definition) is 0. The Morgan fingerprint density at radius 2 is 1.15 bits per heavy atom. The molecule has 2 nitrogen and oxygen atoms in total. The van der Waals surface area contributed by atoms with Crippen LogP contribution in [-0.4, -0.2) is 9.97 Å². The molecule has 0 aliphatic carbocycles. The molecule has 0 aliphatic heterocycles. The first-order chi connectivity index (χ1) is 12.8. The van der Waals surface area contributed by atoms with Crippen molar-refractivity contribution in [2.75, 3.05) is 0 Å². The molecule has 0 spiro atoms. The standard InChI is InChI=1S/C24H20N2/c1-2-18-10-9-15-21(16-18)23-17-22(19-11-5-3-6-12-19)25-24(26-23)20-13-7-4-8-14-20/h3-17H,2H2,1H3. The Morgan fingerprint density at radius 3 is 1.81 bits per heavy atom. The molecule has 0 atom stereocenters. The van der Waals surface area contributed by atoms with Gasteiger partial charge in [-0.15, -0.1) is 0 Å². The topological polar surface area (TPSA) is 25.8 Å². The van der Waals surface area contributed by atoms with Gasteiger partial charge in [0, 0.05) is 16.7 Å². The summed E-state index contributed by atoms with van der Waals surface area (Å²) in [5.74, 6) is 0.754. The lowest BCUT2D eigenvalue weighted by Crippen LogP contribution is -1.96. The molecule has 1 heterocycles. The normalized spacial score (nSPS) is 10.7. The van der Waals surface area contributed by atoms with Gasteiger partial charge in [-0.1, -0.05) is 85.8 Å². The summed E-state index contributed by atoms with van der Waals surface area (Å²) in [6.07, 6.45) is 1.01. The van der Waals surface area contributed by atoms with Gasteiger partial charge >= 0.3 is 0 Å². The predicted molar refractivity (Wildman–Crippen MR) is 108 cm³/mol. The second kappa shape index (κ2) is 7.32. The molecule has 0 saturated heterocycles. The largest absolute Gasteiger partial charge is 0.228 e. The Hall–Kier alpha value is -3.26. The van der Waals surface area contributed by atoms with Gasteiger partial charge in [-0.25, -0.2) is 9.97 Å². The van der Waals surface area contributed by atoms with Crippen LogP contribution >= 0.6 is 0 Å². The van der Waals surface area contributed by atoms with Crippen LogP contribution in [0.3, 0.4) is 0 Å². The van der Waals surface area contributed by atoms with Gasteiger partial charge in [-0.2, -0.15) is 0 Å². The van der Waals surface area contributed by atoms with Crippen molar-refractivity contribution >= 4 is 0 Å². The first kappa shape index (κ1) is 16.2. The number of nitrogens with zero attached hydrogens (tertiary/aromatic N) is 2. The van der Waals surface area contributed by atoms with Crippen molar-refractivity contribution in [2.24, 2.45) is 0 Å². The number of aromatic nitrogens is 2. The van der Waals surface area contributed by atoms with E-state index in [0.29, 0.717) is 0 Å². The van der Waals surface area contributed by atoms with E-state index in [9.17, 15) is 0 Å². The Kier molecular flexibility index (Phi) is 4.57. The molecule has 26 heavy (non-hydrogen) atoms. The highest BCUT2D eigenvalue weighted by atomic mass is 14.9. The summed E-state index contributed by atoms with van der Waals surface area (Å²) in [7, 11) is 0. The molecule has 0 N–H and O–H groups in total. The zero-order valence-corrected chi connectivity index (χ0v) is 14.8. The van der Waals surface area contributed by atoms with Crippen molar-refractivity contribution in [3.63, 3.8) is 0 Å². The van der Waals surface area contributed by atoms with Crippen LogP contribution in [0.15, 0.2) is 91.0 Å². The zero-order chi connectivity index (χ0) is 17.8. The van der Waals surface area contributed by atoms with E-state index in [0.717, 1.165) is 40.3 Å². The maximum absolute atomic E-state index is 4.86. The van der Waals surface area contributed by atoms with E-state index in [4.69, 9.17) is 9.97 Å². The van der Waals surface area contributed by atoms with Gasteiger partial charge in [-0.05, 0) is 24.1 Å². The highest BCUT2D eigenvalue weighted by Gasteiger charge is 2.10. The maximum Gasteiger partial charge on any atom is 0.160 e. The summed E-state index contributed by atoms with van der Waals surface area (Å²) in [4.78, 5) is 9.69. The molecule has 2 heteroatoms. The molecule has 4 aromatic rings. The SMILES string of the molecule is CCc1cccc(-c2cc(-c3ccccc3)nc(-c3ccccc3)n2)c1. The van der Waals surface area contributed by atoms with Crippen molar-refractivity contribution in [3.8, 4) is 33.9 Å².